The molecule has 0 bridgehead atoms. The third-order valence-electron chi connectivity index (χ3n) is 3.99. The van der Waals surface area contributed by atoms with E-state index in [1.165, 1.54) is 28.7 Å². The average Bonchev–Trinajstić information content (AvgIpc) is 3.02. The summed E-state index contributed by atoms with van der Waals surface area (Å²) < 4.78 is 1.06. The Kier molecular flexibility index (Phi) is 6.36. The van der Waals surface area contributed by atoms with Crippen molar-refractivity contribution in [3.05, 3.63) is 53.1 Å². The molecule has 0 radical (unpaired) electrons. The van der Waals surface area contributed by atoms with Crippen molar-refractivity contribution in [1.82, 2.24) is 10.3 Å². The summed E-state index contributed by atoms with van der Waals surface area (Å²) in [5.74, 6) is -0.00439. The predicted octanol–water partition coefficient (Wildman–Crippen LogP) is 4.78. The minimum atomic E-state index is -0.221. The van der Waals surface area contributed by atoms with Crippen LogP contribution in [0.15, 0.2) is 41.3 Å². The number of anilines is 1. The van der Waals surface area contributed by atoms with Crippen LogP contribution in [-0.4, -0.2) is 28.6 Å². The quantitative estimate of drug-likeness (QED) is 0.571. The Balaban J connectivity index is 1.76. The minimum absolute atomic E-state index is 0.0489. The van der Waals surface area contributed by atoms with Gasteiger partial charge in [-0.1, -0.05) is 29.5 Å². The lowest BCUT2D eigenvalue weighted by Crippen LogP contribution is -2.31. The maximum atomic E-state index is 12.8. The standard InChI is InChI=1S/C21H23N3O2S2/c1-12(2)22-18(25)11-27-16-8-6-5-7-15(16)20(26)24-21-23-19-14(4)9-13(3)10-17(19)28-21/h5-10,12H,11H2,1-4H3,(H,22,25)(H,23,24,26). The third-order valence-corrected chi connectivity index (χ3v) is 5.98. The lowest BCUT2D eigenvalue weighted by Gasteiger charge is -2.10. The van der Waals surface area contributed by atoms with Gasteiger partial charge in [-0.3, -0.25) is 14.9 Å². The molecule has 7 heteroatoms. The van der Waals surface area contributed by atoms with Crippen LogP contribution in [0, 0.1) is 13.8 Å². The Labute approximate surface area is 172 Å². The second kappa shape index (κ2) is 8.75. The monoisotopic (exact) mass is 413 g/mol. The van der Waals surface area contributed by atoms with E-state index in [1.54, 1.807) is 6.07 Å². The van der Waals surface area contributed by atoms with Crippen molar-refractivity contribution in [2.24, 2.45) is 0 Å². The summed E-state index contributed by atoms with van der Waals surface area (Å²) in [6, 6.07) is 11.6. The molecule has 0 saturated heterocycles. The molecule has 28 heavy (non-hydrogen) atoms. The average molecular weight is 414 g/mol. The summed E-state index contributed by atoms with van der Waals surface area (Å²) in [6.45, 7) is 7.92. The van der Waals surface area contributed by atoms with Crippen LogP contribution in [0.5, 0.6) is 0 Å². The van der Waals surface area contributed by atoms with E-state index in [9.17, 15) is 9.59 Å². The number of hydrogen-bond acceptors (Lipinski definition) is 5. The molecule has 0 spiro atoms. The Bertz CT molecular complexity index is 1030. The zero-order valence-electron chi connectivity index (χ0n) is 16.3. The first-order chi connectivity index (χ1) is 13.3. The second-order valence-electron chi connectivity index (χ2n) is 6.91. The number of benzene rings is 2. The molecule has 3 aromatic rings. The molecule has 0 aliphatic heterocycles. The maximum absolute atomic E-state index is 12.8. The highest BCUT2D eigenvalue weighted by Gasteiger charge is 2.15. The minimum Gasteiger partial charge on any atom is -0.353 e. The number of fused-ring (bicyclic) bond motifs is 1. The van der Waals surface area contributed by atoms with Gasteiger partial charge in [-0.15, -0.1) is 11.8 Å². The number of carbonyl (C=O) groups excluding carboxylic acids is 2. The van der Waals surface area contributed by atoms with Gasteiger partial charge in [0, 0.05) is 10.9 Å². The zero-order chi connectivity index (χ0) is 20.3. The molecular weight excluding hydrogens is 390 g/mol. The number of thiazole rings is 1. The predicted molar refractivity (Wildman–Crippen MR) is 117 cm³/mol. The van der Waals surface area contributed by atoms with Crippen LogP contribution in [0.2, 0.25) is 0 Å². The van der Waals surface area contributed by atoms with Crippen LogP contribution in [0.1, 0.15) is 35.3 Å². The van der Waals surface area contributed by atoms with Crippen molar-refractivity contribution >= 4 is 50.3 Å². The van der Waals surface area contributed by atoms with E-state index in [1.807, 2.05) is 45.9 Å². The van der Waals surface area contributed by atoms with Gasteiger partial charge in [-0.05, 0) is 57.0 Å². The number of aryl methyl sites for hydroxylation is 2. The molecule has 2 aromatic carbocycles. The van der Waals surface area contributed by atoms with Crippen molar-refractivity contribution in [2.75, 3.05) is 11.1 Å². The molecule has 0 unspecified atom stereocenters. The number of thioether (sulfide) groups is 1. The highest BCUT2D eigenvalue weighted by molar-refractivity contribution is 8.00. The number of nitrogens with one attached hydrogen (secondary N) is 2. The van der Waals surface area contributed by atoms with Crippen LogP contribution in [0.25, 0.3) is 10.2 Å². The fourth-order valence-corrected chi connectivity index (χ4v) is 4.77. The Morgan fingerprint density at radius 1 is 1.18 bits per heavy atom. The van der Waals surface area contributed by atoms with Gasteiger partial charge in [0.15, 0.2) is 5.13 Å². The molecule has 1 heterocycles. The van der Waals surface area contributed by atoms with Gasteiger partial charge < -0.3 is 5.32 Å². The molecule has 3 rings (SSSR count). The number of hydrogen-bond donors (Lipinski definition) is 2. The molecule has 5 nitrogen and oxygen atoms in total. The molecule has 0 aliphatic carbocycles. The molecule has 0 aliphatic rings. The summed E-state index contributed by atoms with van der Waals surface area (Å²) >= 11 is 2.82. The van der Waals surface area contributed by atoms with Gasteiger partial charge in [0.1, 0.15) is 0 Å². The van der Waals surface area contributed by atoms with E-state index < -0.39 is 0 Å². The van der Waals surface area contributed by atoms with E-state index in [-0.39, 0.29) is 23.6 Å². The molecule has 0 atom stereocenters. The molecule has 1 aromatic heterocycles. The number of carbonyl (C=O) groups is 2. The lowest BCUT2D eigenvalue weighted by molar-refractivity contribution is -0.119. The SMILES string of the molecule is Cc1cc(C)c2nc(NC(=O)c3ccccc3SCC(=O)NC(C)C)sc2c1. The Morgan fingerprint density at radius 2 is 1.93 bits per heavy atom. The highest BCUT2D eigenvalue weighted by Crippen LogP contribution is 2.30. The molecule has 0 saturated carbocycles. The summed E-state index contributed by atoms with van der Waals surface area (Å²) in [5, 5.41) is 6.34. The Morgan fingerprint density at radius 3 is 2.68 bits per heavy atom. The normalized spacial score (nSPS) is 11.0. The van der Waals surface area contributed by atoms with Crippen molar-refractivity contribution < 1.29 is 9.59 Å². The van der Waals surface area contributed by atoms with E-state index in [4.69, 9.17) is 0 Å². The topological polar surface area (TPSA) is 71.1 Å². The molecule has 2 N–H and O–H groups in total. The van der Waals surface area contributed by atoms with Gasteiger partial charge in [-0.2, -0.15) is 0 Å². The first kappa shape index (κ1) is 20.4. The van der Waals surface area contributed by atoms with Gasteiger partial charge in [0.05, 0.1) is 21.5 Å². The number of amides is 2. The molecule has 0 fully saturated rings. The van der Waals surface area contributed by atoms with Crippen molar-refractivity contribution in [3.63, 3.8) is 0 Å². The van der Waals surface area contributed by atoms with Crippen LogP contribution >= 0.6 is 23.1 Å². The second-order valence-corrected chi connectivity index (χ2v) is 8.96. The van der Waals surface area contributed by atoms with E-state index in [0.717, 1.165) is 20.7 Å². The van der Waals surface area contributed by atoms with Crippen LogP contribution in [0.3, 0.4) is 0 Å². The summed E-state index contributed by atoms with van der Waals surface area (Å²) in [7, 11) is 0. The van der Waals surface area contributed by atoms with Gasteiger partial charge in [0.25, 0.3) is 5.91 Å². The highest BCUT2D eigenvalue weighted by atomic mass is 32.2. The van der Waals surface area contributed by atoms with Gasteiger partial charge in [0.2, 0.25) is 5.91 Å². The first-order valence-corrected chi connectivity index (χ1v) is 10.8. The van der Waals surface area contributed by atoms with Crippen LogP contribution < -0.4 is 10.6 Å². The smallest absolute Gasteiger partial charge is 0.258 e. The number of nitrogens with zero attached hydrogens (tertiary/aromatic N) is 1. The van der Waals surface area contributed by atoms with Crippen LogP contribution in [-0.2, 0) is 4.79 Å². The third kappa shape index (κ3) is 4.91. The molecule has 2 amide bonds. The Hall–Kier alpha value is -2.38. The van der Waals surface area contributed by atoms with Gasteiger partial charge in [-0.25, -0.2) is 4.98 Å². The fourth-order valence-electron chi connectivity index (χ4n) is 2.88. The summed E-state index contributed by atoms with van der Waals surface area (Å²) in [4.78, 5) is 30.1. The van der Waals surface area contributed by atoms with Gasteiger partial charge >= 0.3 is 0 Å². The lowest BCUT2D eigenvalue weighted by atomic mass is 10.1. The van der Waals surface area contributed by atoms with E-state index >= 15 is 0 Å². The number of rotatable bonds is 6. The van der Waals surface area contributed by atoms with Crippen molar-refractivity contribution in [2.45, 2.75) is 38.6 Å². The summed E-state index contributed by atoms with van der Waals surface area (Å²) in [5.41, 5.74) is 3.72. The first-order valence-electron chi connectivity index (χ1n) is 9.04. The largest absolute Gasteiger partial charge is 0.353 e. The van der Waals surface area contributed by atoms with E-state index in [0.29, 0.717) is 10.7 Å². The molecule has 146 valence electrons. The van der Waals surface area contributed by atoms with Crippen molar-refractivity contribution in [1.29, 1.82) is 0 Å². The maximum Gasteiger partial charge on any atom is 0.258 e. The summed E-state index contributed by atoms with van der Waals surface area (Å²) in [6.07, 6.45) is 0. The number of aromatic nitrogens is 1. The van der Waals surface area contributed by atoms with E-state index in [2.05, 4.69) is 27.8 Å². The van der Waals surface area contributed by atoms with Crippen LogP contribution in [0.4, 0.5) is 5.13 Å². The van der Waals surface area contributed by atoms with Crippen molar-refractivity contribution in [3.8, 4) is 0 Å². The zero-order valence-corrected chi connectivity index (χ0v) is 18.0. The molecular formula is C21H23N3O2S2. The fraction of sp³-hybridized carbons (Fsp3) is 0.286.